The predicted molar refractivity (Wildman–Crippen MR) is 86.3 cm³/mol. The smallest absolute Gasteiger partial charge is 0.151 e. The molecule has 1 aliphatic carbocycles. The number of benzene rings is 1. The lowest BCUT2D eigenvalue weighted by molar-refractivity contribution is -0.128. The van der Waals surface area contributed by atoms with Crippen molar-refractivity contribution in [1.29, 1.82) is 0 Å². The molecule has 1 atom stereocenters. The third kappa shape index (κ3) is 4.41. The SMILES string of the molecule is CC(C)(CC(O)(C=O)CC1CCCCC1)c1ccccc1. The average Bonchev–Trinajstić information content (AvgIpc) is 2.48. The topological polar surface area (TPSA) is 37.3 Å². The Morgan fingerprint density at radius 1 is 1.14 bits per heavy atom. The largest absolute Gasteiger partial charge is 0.382 e. The molecule has 1 aliphatic rings. The molecule has 0 saturated heterocycles. The molecule has 1 fully saturated rings. The summed E-state index contributed by atoms with van der Waals surface area (Å²) in [7, 11) is 0. The molecule has 0 aliphatic heterocycles. The lowest BCUT2D eigenvalue weighted by Gasteiger charge is -2.36. The highest BCUT2D eigenvalue weighted by Crippen LogP contribution is 2.37. The molecule has 0 heterocycles. The summed E-state index contributed by atoms with van der Waals surface area (Å²) in [4.78, 5) is 11.6. The third-order valence-electron chi connectivity index (χ3n) is 4.89. The van der Waals surface area contributed by atoms with Crippen LogP contribution >= 0.6 is 0 Å². The summed E-state index contributed by atoms with van der Waals surface area (Å²) in [6.45, 7) is 4.22. The molecule has 1 aromatic rings. The molecule has 1 unspecified atom stereocenters. The van der Waals surface area contributed by atoms with E-state index in [1.54, 1.807) is 0 Å². The highest BCUT2D eigenvalue weighted by Gasteiger charge is 2.37. The minimum atomic E-state index is -1.19. The van der Waals surface area contributed by atoms with Gasteiger partial charge in [-0.1, -0.05) is 76.3 Å². The van der Waals surface area contributed by atoms with Crippen molar-refractivity contribution in [2.24, 2.45) is 5.92 Å². The van der Waals surface area contributed by atoms with Crippen LogP contribution < -0.4 is 0 Å². The van der Waals surface area contributed by atoms with Crippen molar-refractivity contribution < 1.29 is 9.90 Å². The number of rotatable bonds is 6. The minimum absolute atomic E-state index is 0.203. The fraction of sp³-hybridized carbons (Fsp3) is 0.632. The van der Waals surface area contributed by atoms with Crippen LogP contribution in [-0.2, 0) is 10.2 Å². The maximum Gasteiger partial charge on any atom is 0.151 e. The molecule has 2 heteroatoms. The third-order valence-corrected chi connectivity index (χ3v) is 4.89. The van der Waals surface area contributed by atoms with Gasteiger partial charge < -0.3 is 9.90 Å². The van der Waals surface area contributed by atoms with E-state index in [1.807, 2.05) is 18.2 Å². The van der Waals surface area contributed by atoms with E-state index in [2.05, 4.69) is 26.0 Å². The molecule has 0 bridgehead atoms. The summed E-state index contributed by atoms with van der Waals surface area (Å²) >= 11 is 0. The zero-order valence-corrected chi connectivity index (χ0v) is 13.3. The minimum Gasteiger partial charge on any atom is -0.382 e. The van der Waals surface area contributed by atoms with Crippen molar-refractivity contribution in [3.05, 3.63) is 35.9 Å². The molecule has 0 radical (unpaired) electrons. The molecule has 2 nitrogen and oxygen atoms in total. The Kier molecular flexibility index (Phi) is 5.21. The quantitative estimate of drug-likeness (QED) is 0.794. The van der Waals surface area contributed by atoms with Gasteiger partial charge in [0, 0.05) is 0 Å². The van der Waals surface area contributed by atoms with E-state index in [0.29, 0.717) is 18.8 Å². The van der Waals surface area contributed by atoms with Gasteiger partial charge in [-0.25, -0.2) is 0 Å². The van der Waals surface area contributed by atoms with Crippen LogP contribution in [0.25, 0.3) is 0 Å². The molecule has 0 amide bonds. The Labute approximate surface area is 128 Å². The van der Waals surface area contributed by atoms with Gasteiger partial charge in [0.15, 0.2) is 6.29 Å². The Bertz CT molecular complexity index is 446. The Balaban J connectivity index is 2.07. The second-order valence-corrected chi connectivity index (χ2v) is 7.36. The molecular weight excluding hydrogens is 260 g/mol. The lowest BCUT2D eigenvalue weighted by atomic mass is 9.71. The van der Waals surface area contributed by atoms with Crippen molar-refractivity contribution in [2.75, 3.05) is 0 Å². The van der Waals surface area contributed by atoms with Crippen LogP contribution in [0.2, 0.25) is 0 Å². The highest BCUT2D eigenvalue weighted by atomic mass is 16.3. The number of hydrogen-bond donors (Lipinski definition) is 1. The summed E-state index contributed by atoms with van der Waals surface area (Å²) < 4.78 is 0. The molecule has 0 aromatic heterocycles. The van der Waals surface area contributed by atoms with Crippen LogP contribution in [0.4, 0.5) is 0 Å². The van der Waals surface area contributed by atoms with Crippen molar-refractivity contribution >= 4 is 6.29 Å². The monoisotopic (exact) mass is 288 g/mol. The molecular formula is C19H28O2. The normalized spacial score (nSPS) is 20.0. The maximum atomic E-state index is 11.6. The maximum absolute atomic E-state index is 11.6. The van der Waals surface area contributed by atoms with Crippen LogP contribution in [0.3, 0.4) is 0 Å². The van der Waals surface area contributed by atoms with Crippen LogP contribution in [0.15, 0.2) is 30.3 Å². The fourth-order valence-corrected chi connectivity index (χ4v) is 3.81. The fourth-order valence-electron chi connectivity index (χ4n) is 3.81. The first-order valence-electron chi connectivity index (χ1n) is 8.19. The van der Waals surface area contributed by atoms with Crippen molar-refractivity contribution in [2.45, 2.75) is 69.8 Å². The van der Waals surface area contributed by atoms with E-state index in [1.165, 1.54) is 24.8 Å². The number of carbonyl (C=O) groups excluding carboxylic acids is 1. The molecule has 116 valence electrons. The summed E-state index contributed by atoms with van der Waals surface area (Å²) in [5.41, 5.74) is -0.221. The molecule has 0 spiro atoms. The van der Waals surface area contributed by atoms with Crippen LogP contribution in [0.1, 0.15) is 64.4 Å². The van der Waals surface area contributed by atoms with Gasteiger partial charge in [0.25, 0.3) is 0 Å². The van der Waals surface area contributed by atoms with E-state index < -0.39 is 5.60 Å². The van der Waals surface area contributed by atoms with E-state index in [9.17, 15) is 9.90 Å². The number of carbonyl (C=O) groups is 1. The predicted octanol–water partition coefficient (Wildman–Crippen LogP) is 4.25. The van der Waals surface area contributed by atoms with Crippen LogP contribution in [0.5, 0.6) is 0 Å². The molecule has 21 heavy (non-hydrogen) atoms. The zero-order valence-electron chi connectivity index (χ0n) is 13.3. The van der Waals surface area contributed by atoms with E-state index in [0.717, 1.165) is 19.1 Å². The summed E-state index contributed by atoms with van der Waals surface area (Å²) in [5.74, 6) is 0.500. The van der Waals surface area contributed by atoms with Gasteiger partial charge >= 0.3 is 0 Å². The van der Waals surface area contributed by atoms with Crippen LogP contribution in [0, 0.1) is 5.92 Å². The number of aldehydes is 1. The Hall–Kier alpha value is -1.15. The second-order valence-electron chi connectivity index (χ2n) is 7.36. The second kappa shape index (κ2) is 6.74. The Morgan fingerprint density at radius 3 is 2.33 bits per heavy atom. The molecule has 1 N–H and O–H groups in total. The van der Waals surface area contributed by atoms with E-state index >= 15 is 0 Å². The van der Waals surface area contributed by atoms with E-state index in [-0.39, 0.29) is 5.41 Å². The van der Waals surface area contributed by atoms with Gasteiger partial charge in [-0.15, -0.1) is 0 Å². The molecule has 1 saturated carbocycles. The van der Waals surface area contributed by atoms with Crippen molar-refractivity contribution in [1.82, 2.24) is 0 Å². The number of hydrogen-bond acceptors (Lipinski definition) is 2. The standard InChI is InChI=1S/C19H28O2/c1-18(2,17-11-7-4-8-12-17)14-19(21,15-20)13-16-9-5-3-6-10-16/h4,7-8,11-12,15-16,21H,3,5-6,9-10,13-14H2,1-2H3. The van der Waals surface area contributed by atoms with Crippen LogP contribution in [-0.4, -0.2) is 17.0 Å². The first kappa shape index (κ1) is 16.2. The highest BCUT2D eigenvalue weighted by molar-refractivity contribution is 5.62. The average molecular weight is 288 g/mol. The lowest BCUT2D eigenvalue weighted by Crippen LogP contribution is -2.40. The van der Waals surface area contributed by atoms with Gasteiger partial charge in [-0.2, -0.15) is 0 Å². The zero-order chi connectivity index (χ0) is 15.3. The van der Waals surface area contributed by atoms with Gasteiger partial charge in [0.05, 0.1) is 0 Å². The number of aliphatic hydroxyl groups is 1. The summed E-state index contributed by atoms with van der Waals surface area (Å²) in [6, 6.07) is 10.2. The first-order chi connectivity index (χ1) is 9.95. The summed E-state index contributed by atoms with van der Waals surface area (Å²) in [5, 5.41) is 10.8. The summed E-state index contributed by atoms with van der Waals surface area (Å²) in [6.07, 6.45) is 7.97. The molecule has 1 aromatic carbocycles. The first-order valence-corrected chi connectivity index (χ1v) is 8.19. The van der Waals surface area contributed by atoms with Crippen molar-refractivity contribution in [3.8, 4) is 0 Å². The van der Waals surface area contributed by atoms with Gasteiger partial charge in [0.2, 0.25) is 0 Å². The Morgan fingerprint density at radius 2 is 1.76 bits per heavy atom. The van der Waals surface area contributed by atoms with E-state index in [4.69, 9.17) is 0 Å². The molecule has 2 rings (SSSR count). The van der Waals surface area contributed by atoms with Gasteiger partial charge in [-0.3, -0.25) is 0 Å². The van der Waals surface area contributed by atoms with Crippen molar-refractivity contribution in [3.63, 3.8) is 0 Å². The van der Waals surface area contributed by atoms with Gasteiger partial charge in [0.1, 0.15) is 5.60 Å². The van der Waals surface area contributed by atoms with Gasteiger partial charge in [-0.05, 0) is 29.7 Å².